The fourth-order valence-corrected chi connectivity index (χ4v) is 4.31. The van der Waals surface area contributed by atoms with E-state index >= 15 is 0 Å². The van der Waals surface area contributed by atoms with Gasteiger partial charge < -0.3 is 20.4 Å². The lowest BCUT2D eigenvalue weighted by atomic mass is 9.77. The van der Waals surface area contributed by atoms with Gasteiger partial charge in [0.25, 0.3) is 0 Å². The minimum Gasteiger partial charge on any atom is -0.477 e. The summed E-state index contributed by atoms with van der Waals surface area (Å²) in [7, 11) is 1.94. The highest BCUT2D eigenvalue weighted by atomic mass is 16.4. The summed E-state index contributed by atoms with van der Waals surface area (Å²) >= 11 is 0. The van der Waals surface area contributed by atoms with Crippen LogP contribution < -0.4 is 5.32 Å². The average Bonchev–Trinajstić information content (AvgIpc) is 3.02. The Morgan fingerprint density at radius 2 is 2.17 bits per heavy atom. The van der Waals surface area contributed by atoms with E-state index in [1.807, 2.05) is 14.0 Å². The number of nitrogens with zero attached hydrogens (tertiary/aromatic N) is 2. The Bertz CT molecular complexity index is 560. The van der Waals surface area contributed by atoms with Crippen molar-refractivity contribution in [1.82, 2.24) is 15.1 Å². The van der Waals surface area contributed by atoms with Crippen molar-refractivity contribution in [3.8, 4) is 0 Å². The Hall–Kier alpha value is -1.44. The van der Waals surface area contributed by atoms with E-state index in [2.05, 4.69) is 10.2 Å². The van der Waals surface area contributed by atoms with Crippen LogP contribution in [0.2, 0.25) is 0 Å². The Morgan fingerprint density at radius 1 is 1.48 bits per heavy atom. The molecule has 128 valence electrons. The normalized spacial score (nSPS) is 35.5. The maximum Gasteiger partial charge on any atom is 0.352 e. The molecule has 7 nitrogen and oxygen atoms in total. The number of likely N-dealkylation sites (N-methyl/N-ethyl adjacent to an activating group) is 1. The van der Waals surface area contributed by atoms with E-state index < -0.39 is 18.0 Å². The zero-order valence-electron chi connectivity index (χ0n) is 13.8. The van der Waals surface area contributed by atoms with Crippen molar-refractivity contribution in [3.63, 3.8) is 0 Å². The standard InChI is InChI=1S/C16H25N3O4/c1-8-11(7-18-5-4-10(6-18)17-3)14(16(22)23)19-13(8)12(9(2)20)15(19)21/h8-10,12-13,17,20H,4-7H2,1-3H3,(H,22,23)/t8-,9+,10-,12-,13?/m0/s1. The predicted molar refractivity (Wildman–Crippen MR) is 83.5 cm³/mol. The first-order chi connectivity index (χ1) is 10.9. The highest BCUT2D eigenvalue weighted by Crippen LogP contribution is 2.47. The highest BCUT2D eigenvalue weighted by Gasteiger charge is 2.59. The van der Waals surface area contributed by atoms with Crippen LogP contribution in [0.1, 0.15) is 20.3 Å². The summed E-state index contributed by atoms with van der Waals surface area (Å²) in [5.74, 6) is -1.83. The van der Waals surface area contributed by atoms with Crippen LogP contribution in [0, 0.1) is 11.8 Å². The second-order valence-corrected chi connectivity index (χ2v) is 6.94. The number of hydrogen-bond donors (Lipinski definition) is 3. The van der Waals surface area contributed by atoms with Crippen LogP contribution in [0.3, 0.4) is 0 Å². The number of likely N-dealkylation sites (tertiary alicyclic amines) is 1. The molecule has 5 atom stereocenters. The molecule has 1 amide bonds. The third-order valence-electron chi connectivity index (χ3n) is 5.59. The van der Waals surface area contributed by atoms with Crippen molar-refractivity contribution < 1.29 is 19.8 Å². The second kappa shape index (κ2) is 5.89. The third-order valence-corrected chi connectivity index (χ3v) is 5.59. The van der Waals surface area contributed by atoms with E-state index in [4.69, 9.17) is 0 Å². The first kappa shape index (κ1) is 16.4. The molecule has 0 bridgehead atoms. The maximum atomic E-state index is 12.3. The van der Waals surface area contributed by atoms with Crippen molar-refractivity contribution in [2.75, 3.05) is 26.7 Å². The topological polar surface area (TPSA) is 93.1 Å². The molecule has 23 heavy (non-hydrogen) atoms. The zero-order valence-corrected chi connectivity index (χ0v) is 13.8. The summed E-state index contributed by atoms with van der Waals surface area (Å²) in [5.41, 5.74) is 0.952. The van der Waals surface area contributed by atoms with Crippen molar-refractivity contribution in [3.05, 3.63) is 11.3 Å². The van der Waals surface area contributed by atoms with E-state index in [-0.39, 0.29) is 23.6 Å². The smallest absolute Gasteiger partial charge is 0.352 e. The molecule has 2 saturated heterocycles. The zero-order chi connectivity index (χ0) is 16.9. The Balaban J connectivity index is 1.83. The highest BCUT2D eigenvalue weighted by molar-refractivity contribution is 6.00. The molecule has 3 aliphatic heterocycles. The number of fused-ring (bicyclic) bond motifs is 1. The fourth-order valence-electron chi connectivity index (χ4n) is 4.31. The SMILES string of the molecule is CN[C@H]1CCN(CC2=C(C(=O)O)N3C(=O)[C@@H]([C@@H](C)O)C3[C@H]2C)C1. The van der Waals surface area contributed by atoms with Gasteiger partial charge in [-0.15, -0.1) is 0 Å². The Kier molecular flexibility index (Phi) is 4.20. The van der Waals surface area contributed by atoms with Crippen LogP contribution in [0.4, 0.5) is 0 Å². The molecule has 3 aliphatic rings. The van der Waals surface area contributed by atoms with E-state index in [0.29, 0.717) is 12.6 Å². The lowest BCUT2D eigenvalue weighted by Crippen LogP contribution is -2.63. The van der Waals surface area contributed by atoms with Gasteiger partial charge in [0.1, 0.15) is 5.70 Å². The summed E-state index contributed by atoms with van der Waals surface area (Å²) in [6.45, 7) is 5.96. The van der Waals surface area contributed by atoms with E-state index in [1.54, 1.807) is 6.92 Å². The van der Waals surface area contributed by atoms with Crippen LogP contribution >= 0.6 is 0 Å². The van der Waals surface area contributed by atoms with Gasteiger partial charge in [0.05, 0.1) is 18.1 Å². The number of amides is 1. The molecule has 7 heteroatoms. The maximum absolute atomic E-state index is 12.3. The van der Waals surface area contributed by atoms with Crippen LogP contribution in [0.5, 0.6) is 0 Å². The minimum atomic E-state index is -1.05. The molecule has 3 rings (SSSR count). The first-order valence-corrected chi connectivity index (χ1v) is 8.23. The molecule has 3 N–H and O–H groups in total. The van der Waals surface area contributed by atoms with Gasteiger partial charge in [0.15, 0.2) is 0 Å². The van der Waals surface area contributed by atoms with E-state index in [9.17, 15) is 19.8 Å². The molecular formula is C16H25N3O4. The molecule has 2 fully saturated rings. The molecule has 0 saturated carbocycles. The number of carboxylic acid groups (broad SMARTS) is 1. The molecule has 0 spiro atoms. The number of β-lactam (4-membered cyclic amide) rings is 1. The van der Waals surface area contributed by atoms with Crippen LogP contribution in [-0.4, -0.2) is 76.8 Å². The number of aliphatic hydroxyl groups excluding tert-OH is 1. The number of carboxylic acids is 1. The summed E-state index contributed by atoms with van der Waals surface area (Å²) < 4.78 is 0. The quantitative estimate of drug-likeness (QED) is 0.590. The average molecular weight is 323 g/mol. The van der Waals surface area contributed by atoms with Crippen molar-refractivity contribution in [2.24, 2.45) is 11.8 Å². The van der Waals surface area contributed by atoms with E-state index in [0.717, 1.165) is 25.1 Å². The Labute approximate surface area is 135 Å². The number of aliphatic hydroxyl groups is 1. The largest absolute Gasteiger partial charge is 0.477 e. The third kappa shape index (κ3) is 2.47. The molecule has 0 aromatic heterocycles. The fraction of sp³-hybridized carbons (Fsp3) is 0.750. The number of hydrogen-bond acceptors (Lipinski definition) is 5. The predicted octanol–water partition coefficient (Wildman–Crippen LogP) is -0.524. The van der Waals surface area contributed by atoms with Gasteiger partial charge in [-0.25, -0.2) is 4.79 Å². The lowest BCUT2D eigenvalue weighted by Gasteiger charge is -2.46. The van der Waals surface area contributed by atoms with Gasteiger partial charge in [0, 0.05) is 31.6 Å². The molecule has 0 aromatic carbocycles. The van der Waals surface area contributed by atoms with Gasteiger partial charge in [-0.1, -0.05) is 6.92 Å². The molecule has 0 aromatic rings. The molecular weight excluding hydrogens is 298 g/mol. The van der Waals surface area contributed by atoms with Crippen LogP contribution in [0.15, 0.2) is 11.3 Å². The number of nitrogens with one attached hydrogen (secondary N) is 1. The molecule has 3 heterocycles. The number of carbonyl (C=O) groups is 2. The minimum absolute atomic E-state index is 0.0352. The summed E-state index contributed by atoms with van der Waals surface area (Å²) in [4.78, 5) is 27.6. The number of aliphatic carboxylic acids is 1. The van der Waals surface area contributed by atoms with Crippen molar-refractivity contribution >= 4 is 11.9 Å². The molecule has 0 radical (unpaired) electrons. The van der Waals surface area contributed by atoms with Gasteiger partial charge in [0.2, 0.25) is 5.91 Å². The number of rotatable bonds is 5. The van der Waals surface area contributed by atoms with Gasteiger partial charge in [-0.2, -0.15) is 0 Å². The van der Waals surface area contributed by atoms with Crippen LogP contribution in [0.25, 0.3) is 0 Å². The van der Waals surface area contributed by atoms with Crippen LogP contribution in [-0.2, 0) is 9.59 Å². The van der Waals surface area contributed by atoms with Gasteiger partial charge in [-0.05, 0) is 26.0 Å². The van der Waals surface area contributed by atoms with Gasteiger partial charge >= 0.3 is 5.97 Å². The van der Waals surface area contributed by atoms with Crippen molar-refractivity contribution in [2.45, 2.75) is 38.5 Å². The monoisotopic (exact) mass is 323 g/mol. The second-order valence-electron chi connectivity index (χ2n) is 6.94. The summed E-state index contributed by atoms with van der Waals surface area (Å²) in [6.07, 6.45) is 0.296. The summed E-state index contributed by atoms with van der Waals surface area (Å²) in [5, 5.41) is 22.7. The lowest BCUT2D eigenvalue weighted by molar-refractivity contribution is -0.163. The molecule has 0 aliphatic carbocycles. The number of carbonyl (C=O) groups excluding carboxylic acids is 1. The van der Waals surface area contributed by atoms with Gasteiger partial charge in [-0.3, -0.25) is 9.69 Å². The van der Waals surface area contributed by atoms with Crippen molar-refractivity contribution in [1.29, 1.82) is 0 Å². The Morgan fingerprint density at radius 3 is 2.70 bits per heavy atom. The van der Waals surface area contributed by atoms with E-state index in [1.165, 1.54) is 4.90 Å². The first-order valence-electron chi connectivity index (χ1n) is 8.23. The summed E-state index contributed by atoms with van der Waals surface area (Å²) in [6, 6.07) is 0.218. The molecule has 1 unspecified atom stereocenters.